The average molecular weight is 279 g/mol. The van der Waals surface area contributed by atoms with Gasteiger partial charge in [0.2, 0.25) is 0 Å². The van der Waals surface area contributed by atoms with E-state index in [1.807, 2.05) is 22.6 Å². The van der Waals surface area contributed by atoms with E-state index < -0.39 is 0 Å². The third-order valence-corrected chi connectivity index (χ3v) is 3.53. The minimum Gasteiger partial charge on any atom is -0.293 e. The molecule has 2 aromatic rings. The molecule has 0 N–H and O–H groups in total. The molecule has 2 aromatic heterocycles. The van der Waals surface area contributed by atoms with E-state index >= 15 is 0 Å². The van der Waals surface area contributed by atoms with Gasteiger partial charge in [-0.1, -0.05) is 6.07 Å². The van der Waals surface area contributed by atoms with Crippen LogP contribution in [-0.4, -0.2) is 15.2 Å². The van der Waals surface area contributed by atoms with Crippen molar-refractivity contribution in [2.75, 3.05) is 0 Å². The van der Waals surface area contributed by atoms with E-state index in [0.29, 0.717) is 5.92 Å². The molecule has 2 heterocycles. The van der Waals surface area contributed by atoms with Gasteiger partial charge in [0.05, 0.1) is 11.2 Å². The Morgan fingerprint density at radius 1 is 1.50 bits per heavy atom. The lowest BCUT2D eigenvalue weighted by Crippen LogP contribution is -2.04. The zero-order valence-electron chi connectivity index (χ0n) is 8.90. The number of nitrogens with zero attached hydrogens (tertiary/aromatic N) is 2. The Labute approximate surface area is 102 Å². The number of rotatable bonds is 2. The maximum absolute atomic E-state index is 11.6. The van der Waals surface area contributed by atoms with Crippen molar-refractivity contribution in [2.45, 2.75) is 25.7 Å². The number of Topliss-reactive ketones (excluding diaryl/α,β-unsaturated/α-hetero) is 1. The molecule has 0 unspecified atom stereocenters. The maximum Gasteiger partial charge on any atom is 0.176 e. The highest BCUT2D eigenvalue weighted by Gasteiger charge is 2.30. The summed E-state index contributed by atoms with van der Waals surface area (Å²) in [7, 11) is 0. The summed E-state index contributed by atoms with van der Waals surface area (Å²) in [5.41, 5.74) is 1.70. The van der Waals surface area contributed by atoms with E-state index in [1.165, 1.54) is 12.8 Å². The first-order chi connectivity index (χ1) is 7.68. The number of carbonyl (C=O) groups is 1. The van der Waals surface area contributed by atoms with Crippen LogP contribution in [0.15, 0.2) is 22.8 Å². The molecule has 82 valence electrons. The minimum absolute atomic E-state index is 0.0809. The van der Waals surface area contributed by atoms with Crippen molar-refractivity contribution in [1.82, 2.24) is 9.38 Å². The Balaban J connectivity index is 2.38. The van der Waals surface area contributed by atoms with Crippen molar-refractivity contribution < 1.29 is 4.79 Å². The van der Waals surface area contributed by atoms with Gasteiger partial charge in [-0.25, -0.2) is 4.98 Å². The SMILES string of the molecule is CC(=O)c1cccc2c(Br)nc(C3CC3)n12. The molecule has 0 saturated heterocycles. The summed E-state index contributed by atoms with van der Waals surface area (Å²) in [6.07, 6.45) is 2.36. The van der Waals surface area contributed by atoms with Crippen molar-refractivity contribution in [3.63, 3.8) is 0 Å². The molecule has 0 aromatic carbocycles. The summed E-state index contributed by atoms with van der Waals surface area (Å²) >= 11 is 3.45. The highest BCUT2D eigenvalue weighted by Crippen LogP contribution is 2.41. The molecule has 3 nitrogen and oxygen atoms in total. The number of carbonyl (C=O) groups excluding carboxylic acids is 1. The third-order valence-electron chi connectivity index (χ3n) is 2.95. The Bertz CT molecular complexity index is 584. The van der Waals surface area contributed by atoms with Gasteiger partial charge in [0.15, 0.2) is 5.78 Å². The molecule has 0 bridgehead atoms. The molecular weight excluding hydrogens is 268 g/mol. The third kappa shape index (κ3) is 1.40. The van der Waals surface area contributed by atoms with E-state index in [4.69, 9.17) is 0 Å². The van der Waals surface area contributed by atoms with Crippen LogP contribution in [0.4, 0.5) is 0 Å². The van der Waals surface area contributed by atoms with Crippen LogP contribution in [0.5, 0.6) is 0 Å². The van der Waals surface area contributed by atoms with Gasteiger partial charge in [-0.3, -0.25) is 9.20 Å². The van der Waals surface area contributed by atoms with Gasteiger partial charge in [-0.05, 0) is 40.9 Å². The fraction of sp³-hybridized carbons (Fsp3) is 0.333. The molecule has 0 spiro atoms. The Kier molecular flexibility index (Phi) is 2.14. The van der Waals surface area contributed by atoms with Gasteiger partial charge in [0.25, 0.3) is 0 Å². The van der Waals surface area contributed by atoms with Crippen LogP contribution < -0.4 is 0 Å². The van der Waals surface area contributed by atoms with Crippen LogP contribution in [0, 0.1) is 0 Å². The number of hydrogen-bond acceptors (Lipinski definition) is 2. The lowest BCUT2D eigenvalue weighted by Gasteiger charge is -2.04. The Morgan fingerprint density at radius 2 is 2.25 bits per heavy atom. The molecule has 1 aliphatic carbocycles. The zero-order valence-corrected chi connectivity index (χ0v) is 10.5. The van der Waals surface area contributed by atoms with E-state index in [-0.39, 0.29) is 5.78 Å². The standard InChI is InChI=1S/C12H11BrN2O/c1-7(16)9-3-2-4-10-11(13)14-12(15(9)10)8-5-6-8/h2-4,8H,5-6H2,1H3. The van der Waals surface area contributed by atoms with Crippen LogP contribution in [0.1, 0.15) is 42.0 Å². The Hall–Kier alpha value is -1.16. The lowest BCUT2D eigenvalue weighted by molar-refractivity contribution is 0.101. The largest absolute Gasteiger partial charge is 0.293 e. The molecule has 0 radical (unpaired) electrons. The fourth-order valence-electron chi connectivity index (χ4n) is 2.02. The summed E-state index contributed by atoms with van der Waals surface area (Å²) in [5.74, 6) is 1.63. The second kappa shape index (κ2) is 3.42. The number of imidazole rings is 1. The van der Waals surface area contributed by atoms with E-state index in [0.717, 1.165) is 21.6 Å². The number of hydrogen-bond donors (Lipinski definition) is 0. The van der Waals surface area contributed by atoms with Gasteiger partial charge < -0.3 is 0 Å². The van der Waals surface area contributed by atoms with Crippen molar-refractivity contribution >= 4 is 27.2 Å². The first-order valence-electron chi connectivity index (χ1n) is 5.36. The smallest absolute Gasteiger partial charge is 0.176 e. The molecule has 16 heavy (non-hydrogen) atoms. The second-order valence-electron chi connectivity index (χ2n) is 4.22. The first-order valence-corrected chi connectivity index (χ1v) is 6.15. The van der Waals surface area contributed by atoms with E-state index in [1.54, 1.807) is 6.92 Å². The highest BCUT2D eigenvalue weighted by molar-refractivity contribution is 9.10. The monoisotopic (exact) mass is 278 g/mol. The molecule has 0 atom stereocenters. The molecule has 3 rings (SSSR count). The van der Waals surface area contributed by atoms with Crippen molar-refractivity contribution in [3.05, 3.63) is 34.3 Å². The maximum atomic E-state index is 11.6. The normalized spacial score (nSPS) is 15.6. The van der Waals surface area contributed by atoms with Gasteiger partial charge in [0, 0.05) is 12.8 Å². The van der Waals surface area contributed by atoms with Gasteiger partial charge in [-0.15, -0.1) is 0 Å². The van der Waals surface area contributed by atoms with Crippen LogP contribution in [-0.2, 0) is 0 Å². The number of halogens is 1. The summed E-state index contributed by atoms with van der Waals surface area (Å²) in [5, 5.41) is 0. The van der Waals surface area contributed by atoms with Crippen molar-refractivity contribution in [2.24, 2.45) is 0 Å². The number of pyridine rings is 1. The van der Waals surface area contributed by atoms with E-state index in [9.17, 15) is 4.79 Å². The van der Waals surface area contributed by atoms with Crippen molar-refractivity contribution in [3.8, 4) is 0 Å². The average Bonchev–Trinajstić information content (AvgIpc) is 3.04. The quantitative estimate of drug-likeness (QED) is 0.791. The van der Waals surface area contributed by atoms with Gasteiger partial charge in [0.1, 0.15) is 10.4 Å². The first kappa shape index (κ1) is 10.0. The minimum atomic E-state index is 0.0809. The van der Waals surface area contributed by atoms with Crippen LogP contribution in [0.3, 0.4) is 0 Å². The second-order valence-corrected chi connectivity index (χ2v) is 4.97. The number of fused-ring (bicyclic) bond motifs is 1. The predicted octanol–water partition coefficient (Wildman–Crippen LogP) is 3.18. The summed E-state index contributed by atoms with van der Waals surface area (Å²) in [6.45, 7) is 1.60. The molecule has 1 aliphatic rings. The summed E-state index contributed by atoms with van der Waals surface area (Å²) in [4.78, 5) is 16.1. The highest BCUT2D eigenvalue weighted by atomic mass is 79.9. The fourth-order valence-corrected chi connectivity index (χ4v) is 2.51. The van der Waals surface area contributed by atoms with Gasteiger partial charge >= 0.3 is 0 Å². The molecule has 0 aliphatic heterocycles. The molecular formula is C12H11BrN2O. The Morgan fingerprint density at radius 3 is 2.88 bits per heavy atom. The molecule has 1 saturated carbocycles. The molecule has 1 fully saturated rings. The summed E-state index contributed by atoms with van der Waals surface area (Å²) in [6, 6.07) is 5.74. The predicted molar refractivity (Wildman–Crippen MR) is 64.9 cm³/mol. The number of ketones is 1. The van der Waals surface area contributed by atoms with Crippen LogP contribution >= 0.6 is 15.9 Å². The number of aromatic nitrogens is 2. The molecule has 0 amide bonds. The van der Waals surface area contributed by atoms with Crippen molar-refractivity contribution in [1.29, 1.82) is 0 Å². The van der Waals surface area contributed by atoms with E-state index in [2.05, 4.69) is 20.9 Å². The zero-order chi connectivity index (χ0) is 11.3. The van der Waals surface area contributed by atoms with Crippen LogP contribution in [0.2, 0.25) is 0 Å². The topological polar surface area (TPSA) is 34.4 Å². The lowest BCUT2D eigenvalue weighted by atomic mass is 10.2. The van der Waals surface area contributed by atoms with Gasteiger partial charge in [-0.2, -0.15) is 0 Å². The molecule has 4 heteroatoms. The van der Waals surface area contributed by atoms with Crippen LogP contribution in [0.25, 0.3) is 5.52 Å². The summed E-state index contributed by atoms with van der Waals surface area (Å²) < 4.78 is 2.82.